The first kappa shape index (κ1) is 12.9. The highest BCUT2D eigenvalue weighted by Crippen LogP contribution is 2.31. The van der Waals surface area contributed by atoms with Crippen molar-refractivity contribution < 1.29 is 0 Å². The predicted molar refractivity (Wildman–Crippen MR) is 76.7 cm³/mol. The van der Waals surface area contributed by atoms with Crippen LogP contribution in [0.15, 0.2) is 18.3 Å². The summed E-state index contributed by atoms with van der Waals surface area (Å²) < 4.78 is 0. The Morgan fingerprint density at radius 3 is 2.88 bits per heavy atom. The number of pyridine rings is 1. The number of rotatable bonds is 3. The van der Waals surface area contributed by atoms with Gasteiger partial charge in [0.15, 0.2) is 0 Å². The molecule has 2 rings (SSSR count). The van der Waals surface area contributed by atoms with Crippen LogP contribution in [-0.2, 0) is 5.33 Å². The molecule has 0 N–H and O–H groups in total. The summed E-state index contributed by atoms with van der Waals surface area (Å²) >= 11 is 3.55. The first-order valence-corrected chi connectivity index (χ1v) is 7.59. The lowest BCUT2D eigenvalue weighted by Crippen LogP contribution is -2.39. The molecule has 0 saturated heterocycles. The molecule has 1 heterocycles. The number of alkyl halides is 1. The van der Waals surface area contributed by atoms with Gasteiger partial charge in [0.25, 0.3) is 0 Å². The van der Waals surface area contributed by atoms with Crippen LogP contribution < -0.4 is 4.90 Å². The van der Waals surface area contributed by atoms with Crippen molar-refractivity contribution in [2.75, 3.05) is 11.9 Å². The van der Waals surface area contributed by atoms with Crippen LogP contribution in [0.25, 0.3) is 0 Å². The molecule has 2 atom stereocenters. The number of aromatic nitrogens is 1. The van der Waals surface area contributed by atoms with Gasteiger partial charge in [0.1, 0.15) is 5.82 Å². The maximum absolute atomic E-state index is 4.56. The van der Waals surface area contributed by atoms with Gasteiger partial charge in [0.05, 0.1) is 0 Å². The van der Waals surface area contributed by atoms with E-state index in [1.165, 1.54) is 31.2 Å². The molecule has 1 aliphatic rings. The largest absolute Gasteiger partial charge is 0.356 e. The minimum Gasteiger partial charge on any atom is -0.356 e. The molecule has 0 amide bonds. The lowest BCUT2D eigenvalue weighted by atomic mass is 9.85. The monoisotopic (exact) mass is 296 g/mol. The Morgan fingerprint density at radius 2 is 2.18 bits per heavy atom. The van der Waals surface area contributed by atoms with E-state index < -0.39 is 0 Å². The van der Waals surface area contributed by atoms with Gasteiger partial charge in [-0.05, 0) is 24.8 Å². The summed E-state index contributed by atoms with van der Waals surface area (Å²) in [5.74, 6) is 1.92. The molecular formula is C14H21BrN2. The second kappa shape index (κ2) is 5.85. The smallest absolute Gasteiger partial charge is 0.132 e. The topological polar surface area (TPSA) is 16.1 Å². The summed E-state index contributed by atoms with van der Waals surface area (Å²) in [6.45, 7) is 2.37. The van der Waals surface area contributed by atoms with Gasteiger partial charge in [0.2, 0.25) is 0 Å². The van der Waals surface area contributed by atoms with E-state index in [1.807, 2.05) is 12.3 Å². The Bertz CT molecular complexity index is 367. The number of hydrogen-bond acceptors (Lipinski definition) is 2. The van der Waals surface area contributed by atoms with Crippen LogP contribution in [0, 0.1) is 5.92 Å². The van der Waals surface area contributed by atoms with Crippen LogP contribution in [0.3, 0.4) is 0 Å². The van der Waals surface area contributed by atoms with Gasteiger partial charge in [-0.15, -0.1) is 0 Å². The molecule has 17 heavy (non-hydrogen) atoms. The van der Waals surface area contributed by atoms with E-state index >= 15 is 0 Å². The number of halogens is 1. The third kappa shape index (κ3) is 2.82. The van der Waals surface area contributed by atoms with E-state index in [2.05, 4.69) is 45.9 Å². The quantitative estimate of drug-likeness (QED) is 0.784. The van der Waals surface area contributed by atoms with E-state index in [1.54, 1.807) is 0 Å². The van der Waals surface area contributed by atoms with Gasteiger partial charge in [-0.1, -0.05) is 41.8 Å². The molecule has 1 aliphatic carbocycles. The Hall–Kier alpha value is -0.570. The summed E-state index contributed by atoms with van der Waals surface area (Å²) in [4.78, 5) is 6.94. The van der Waals surface area contributed by atoms with Crippen molar-refractivity contribution in [3.05, 3.63) is 23.9 Å². The average molecular weight is 297 g/mol. The van der Waals surface area contributed by atoms with Crippen LogP contribution in [0.5, 0.6) is 0 Å². The Balaban J connectivity index is 2.20. The van der Waals surface area contributed by atoms with E-state index in [0.717, 1.165) is 17.1 Å². The van der Waals surface area contributed by atoms with Crippen molar-refractivity contribution in [1.29, 1.82) is 0 Å². The zero-order chi connectivity index (χ0) is 12.3. The van der Waals surface area contributed by atoms with Crippen LogP contribution in [-0.4, -0.2) is 18.1 Å². The van der Waals surface area contributed by atoms with Crippen LogP contribution >= 0.6 is 15.9 Å². The highest BCUT2D eigenvalue weighted by atomic mass is 79.9. The minimum absolute atomic E-state index is 0.649. The molecule has 2 nitrogen and oxygen atoms in total. The average Bonchev–Trinajstić information content (AvgIpc) is 2.38. The van der Waals surface area contributed by atoms with Crippen LogP contribution in [0.4, 0.5) is 5.82 Å². The molecule has 0 aromatic carbocycles. The van der Waals surface area contributed by atoms with Crippen LogP contribution in [0.2, 0.25) is 0 Å². The summed E-state index contributed by atoms with van der Waals surface area (Å²) in [5.41, 5.74) is 1.28. The second-order valence-corrected chi connectivity index (χ2v) is 5.62. The fourth-order valence-corrected chi connectivity index (χ4v) is 3.32. The number of anilines is 1. The SMILES string of the molecule is CC1CCCCC1N(C)c1ncccc1CBr. The third-order valence-corrected chi connectivity index (χ3v) is 4.51. The van der Waals surface area contributed by atoms with Gasteiger partial charge < -0.3 is 4.90 Å². The maximum Gasteiger partial charge on any atom is 0.132 e. The molecule has 0 bridgehead atoms. The summed E-state index contributed by atoms with van der Waals surface area (Å²) in [6, 6.07) is 4.82. The molecule has 1 saturated carbocycles. The standard InChI is InChI=1S/C14H21BrN2/c1-11-6-3-4-8-13(11)17(2)14-12(10-15)7-5-9-16-14/h5,7,9,11,13H,3-4,6,8,10H2,1-2H3. The molecule has 2 unspecified atom stereocenters. The highest BCUT2D eigenvalue weighted by Gasteiger charge is 2.26. The Morgan fingerprint density at radius 1 is 1.41 bits per heavy atom. The molecule has 1 aromatic heterocycles. The second-order valence-electron chi connectivity index (χ2n) is 5.06. The molecule has 1 fully saturated rings. The molecule has 1 aromatic rings. The van der Waals surface area contributed by atoms with E-state index in [0.29, 0.717) is 6.04 Å². The van der Waals surface area contributed by atoms with Gasteiger partial charge in [0, 0.05) is 30.2 Å². The van der Waals surface area contributed by atoms with Gasteiger partial charge in [-0.2, -0.15) is 0 Å². The van der Waals surface area contributed by atoms with Crippen molar-refractivity contribution in [1.82, 2.24) is 4.98 Å². The first-order chi connectivity index (χ1) is 8.24. The molecule has 0 spiro atoms. The van der Waals surface area contributed by atoms with Crippen molar-refractivity contribution in [3.63, 3.8) is 0 Å². The van der Waals surface area contributed by atoms with E-state index in [-0.39, 0.29) is 0 Å². The molecular weight excluding hydrogens is 276 g/mol. The summed E-state index contributed by atoms with van der Waals surface area (Å²) in [7, 11) is 2.20. The Kier molecular flexibility index (Phi) is 4.43. The zero-order valence-electron chi connectivity index (χ0n) is 10.7. The lowest BCUT2D eigenvalue weighted by molar-refractivity contribution is 0.320. The molecule has 0 aliphatic heterocycles. The highest BCUT2D eigenvalue weighted by molar-refractivity contribution is 9.08. The third-order valence-electron chi connectivity index (χ3n) is 3.91. The van der Waals surface area contributed by atoms with E-state index in [4.69, 9.17) is 0 Å². The first-order valence-electron chi connectivity index (χ1n) is 6.46. The number of hydrogen-bond donors (Lipinski definition) is 0. The van der Waals surface area contributed by atoms with Crippen molar-refractivity contribution in [3.8, 4) is 0 Å². The predicted octanol–water partition coefficient (Wildman–Crippen LogP) is 3.99. The Labute approximate surface area is 113 Å². The summed E-state index contributed by atoms with van der Waals surface area (Å²) in [5, 5.41) is 0.877. The minimum atomic E-state index is 0.649. The fraction of sp³-hybridized carbons (Fsp3) is 0.643. The number of nitrogens with zero attached hydrogens (tertiary/aromatic N) is 2. The summed E-state index contributed by atoms with van der Waals surface area (Å²) in [6.07, 6.45) is 7.29. The molecule has 0 radical (unpaired) electrons. The normalized spacial score (nSPS) is 24.6. The van der Waals surface area contributed by atoms with Gasteiger partial charge in [-0.3, -0.25) is 0 Å². The van der Waals surface area contributed by atoms with Crippen molar-refractivity contribution >= 4 is 21.7 Å². The van der Waals surface area contributed by atoms with Crippen LogP contribution in [0.1, 0.15) is 38.2 Å². The van der Waals surface area contributed by atoms with Crippen molar-refractivity contribution in [2.24, 2.45) is 5.92 Å². The maximum atomic E-state index is 4.56. The van der Waals surface area contributed by atoms with Crippen molar-refractivity contribution in [2.45, 2.75) is 44.0 Å². The lowest BCUT2D eigenvalue weighted by Gasteiger charge is -2.37. The zero-order valence-corrected chi connectivity index (χ0v) is 12.3. The van der Waals surface area contributed by atoms with Gasteiger partial charge in [-0.25, -0.2) is 4.98 Å². The fourth-order valence-electron chi connectivity index (χ4n) is 2.88. The van der Waals surface area contributed by atoms with E-state index in [9.17, 15) is 0 Å². The van der Waals surface area contributed by atoms with Gasteiger partial charge >= 0.3 is 0 Å². The molecule has 3 heteroatoms. The molecule has 94 valence electrons.